The zero-order valence-corrected chi connectivity index (χ0v) is 11.5. The van der Waals surface area contributed by atoms with E-state index < -0.39 is 5.60 Å². The Labute approximate surface area is 108 Å². The molecule has 1 N–H and O–H groups in total. The summed E-state index contributed by atoms with van der Waals surface area (Å²) in [6.07, 6.45) is 4.55. The van der Waals surface area contributed by atoms with Crippen LogP contribution in [0.25, 0.3) is 0 Å². The molecule has 0 radical (unpaired) electrons. The number of methoxy groups -OCH3 is 1. The van der Waals surface area contributed by atoms with Gasteiger partial charge < -0.3 is 14.6 Å². The number of nitrogens with zero attached hydrogens (tertiary/aromatic N) is 2. The van der Waals surface area contributed by atoms with E-state index in [1.54, 1.807) is 7.11 Å². The molecular formula is C13H23N3O2. The molecule has 0 bridgehead atoms. The van der Waals surface area contributed by atoms with E-state index in [1.165, 1.54) is 12.8 Å². The molecular weight excluding hydrogens is 230 g/mol. The van der Waals surface area contributed by atoms with Gasteiger partial charge in [-0.15, -0.1) is 0 Å². The van der Waals surface area contributed by atoms with Crippen LogP contribution in [-0.2, 0) is 16.8 Å². The Morgan fingerprint density at radius 2 is 2.33 bits per heavy atom. The van der Waals surface area contributed by atoms with Crippen molar-refractivity contribution < 1.29 is 9.26 Å². The molecule has 102 valence electrons. The van der Waals surface area contributed by atoms with Crippen molar-refractivity contribution in [2.75, 3.05) is 20.2 Å². The van der Waals surface area contributed by atoms with Crippen molar-refractivity contribution in [3.05, 3.63) is 11.7 Å². The number of ether oxygens (including phenoxy) is 1. The van der Waals surface area contributed by atoms with Gasteiger partial charge in [0.05, 0.1) is 0 Å². The van der Waals surface area contributed by atoms with Crippen molar-refractivity contribution in [2.45, 2.75) is 45.1 Å². The highest BCUT2D eigenvalue weighted by Crippen LogP contribution is 2.22. The van der Waals surface area contributed by atoms with E-state index in [-0.39, 0.29) is 0 Å². The molecule has 5 nitrogen and oxygen atoms in total. The zero-order chi connectivity index (χ0) is 13.0. The Morgan fingerprint density at radius 1 is 1.50 bits per heavy atom. The smallest absolute Gasteiger partial charge is 0.226 e. The molecule has 0 saturated carbocycles. The van der Waals surface area contributed by atoms with Gasteiger partial charge in [0.25, 0.3) is 0 Å². The first kappa shape index (κ1) is 13.5. The average molecular weight is 253 g/mol. The lowest BCUT2D eigenvalue weighted by Gasteiger charge is -2.21. The van der Waals surface area contributed by atoms with Crippen molar-refractivity contribution in [2.24, 2.45) is 5.92 Å². The number of nitrogens with one attached hydrogen (secondary N) is 1. The third-order valence-corrected chi connectivity index (χ3v) is 3.68. The van der Waals surface area contributed by atoms with E-state index in [1.807, 2.05) is 13.8 Å². The number of rotatable bonds is 5. The first-order chi connectivity index (χ1) is 8.62. The molecule has 0 spiro atoms. The fourth-order valence-corrected chi connectivity index (χ4v) is 2.19. The predicted octanol–water partition coefficient (Wildman–Crippen LogP) is 1.88. The van der Waals surface area contributed by atoms with Gasteiger partial charge in [0.1, 0.15) is 5.60 Å². The molecule has 1 unspecified atom stereocenters. The normalized spacial score (nSPS) is 21.2. The molecule has 1 aliphatic rings. The third kappa shape index (κ3) is 3.29. The lowest BCUT2D eigenvalue weighted by Crippen LogP contribution is -2.29. The topological polar surface area (TPSA) is 60.2 Å². The van der Waals surface area contributed by atoms with Crippen LogP contribution in [0, 0.1) is 5.92 Å². The fraction of sp³-hybridized carbons (Fsp3) is 0.846. The molecule has 1 saturated heterocycles. The van der Waals surface area contributed by atoms with Crippen LogP contribution < -0.4 is 5.32 Å². The summed E-state index contributed by atoms with van der Waals surface area (Å²) in [5.74, 6) is 2.09. The molecule has 5 heteroatoms. The van der Waals surface area contributed by atoms with Gasteiger partial charge in [0, 0.05) is 13.5 Å². The summed E-state index contributed by atoms with van der Waals surface area (Å²) in [5, 5.41) is 7.42. The standard InChI is InChI=1S/C13H23N3O2/c1-13(2,17-3)12-15-11(18-16-12)7-6-10-5-4-8-14-9-10/h10,14H,4-9H2,1-3H3. The maximum absolute atomic E-state index is 5.34. The molecule has 2 rings (SSSR count). The minimum Gasteiger partial charge on any atom is -0.371 e. The summed E-state index contributed by atoms with van der Waals surface area (Å²) in [6, 6.07) is 0. The molecule has 1 fully saturated rings. The van der Waals surface area contributed by atoms with Crippen LogP contribution in [0.3, 0.4) is 0 Å². The maximum atomic E-state index is 5.34. The molecule has 0 aliphatic carbocycles. The summed E-state index contributed by atoms with van der Waals surface area (Å²) < 4.78 is 10.6. The maximum Gasteiger partial charge on any atom is 0.226 e. The zero-order valence-electron chi connectivity index (χ0n) is 11.5. The van der Waals surface area contributed by atoms with Crippen LogP contribution in [0.2, 0.25) is 0 Å². The van der Waals surface area contributed by atoms with Crippen molar-refractivity contribution in [3.8, 4) is 0 Å². The van der Waals surface area contributed by atoms with E-state index in [0.29, 0.717) is 5.82 Å². The van der Waals surface area contributed by atoms with E-state index in [4.69, 9.17) is 9.26 Å². The average Bonchev–Trinajstić information content (AvgIpc) is 2.87. The Balaban J connectivity index is 1.86. The fourth-order valence-electron chi connectivity index (χ4n) is 2.19. The molecule has 1 aromatic rings. The highest BCUT2D eigenvalue weighted by atomic mass is 16.5. The second-order valence-corrected chi connectivity index (χ2v) is 5.48. The van der Waals surface area contributed by atoms with Crippen molar-refractivity contribution in [3.63, 3.8) is 0 Å². The number of hydrogen-bond donors (Lipinski definition) is 1. The second-order valence-electron chi connectivity index (χ2n) is 5.48. The predicted molar refractivity (Wildman–Crippen MR) is 68.2 cm³/mol. The molecule has 1 aromatic heterocycles. The number of hydrogen-bond acceptors (Lipinski definition) is 5. The van der Waals surface area contributed by atoms with Gasteiger partial charge in [0.15, 0.2) is 0 Å². The van der Waals surface area contributed by atoms with Crippen LogP contribution in [0.4, 0.5) is 0 Å². The molecule has 2 heterocycles. The Hall–Kier alpha value is -0.940. The monoisotopic (exact) mass is 253 g/mol. The minimum atomic E-state index is -0.478. The summed E-state index contributed by atoms with van der Waals surface area (Å²) in [4.78, 5) is 4.41. The van der Waals surface area contributed by atoms with E-state index in [2.05, 4.69) is 15.5 Å². The SMILES string of the molecule is COC(C)(C)c1noc(CCC2CCCNC2)n1. The highest BCUT2D eigenvalue weighted by Gasteiger charge is 2.26. The number of aryl methyl sites for hydroxylation is 1. The van der Waals surface area contributed by atoms with Gasteiger partial charge in [-0.25, -0.2) is 0 Å². The van der Waals surface area contributed by atoms with E-state index in [9.17, 15) is 0 Å². The van der Waals surface area contributed by atoms with E-state index in [0.717, 1.165) is 37.7 Å². The van der Waals surface area contributed by atoms with E-state index >= 15 is 0 Å². The van der Waals surface area contributed by atoms with Crippen LogP contribution in [0.1, 0.15) is 44.8 Å². The van der Waals surface area contributed by atoms with Crippen molar-refractivity contribution >= 4 is 0 Å². The summed E-state index contributed by atoms with van der Waals surface area (Å²) >= 11 is 0. The minimum absolute atomic E-state index is 0.478. The quantitative estimate of drug-likeness (QED) is 0.868. The largest absolute Gasteiger partial charge is 0.371 e. The first-order valence-corrected chi connectivity index (χ1v) is 6.71. The van der Waals surface area contributed by atoms with Gasteiger partial charge in [-0.2, -0.15) is 4.98 Å². The Morgan fingerprint density at radius 3 is 3.00 bits per heavy atom. The molecule has 0 aromatic carbocycles. The Kier molecular flexibility index (Phi) is 4.35. The van der Waals surface area contributed by atoms with Crippen LogP contribution >= 0.6 is 0 Å². The number of piperidine rings is 1. The molecule has 1 aliphatic heterocycles. The molecule has 1 atom stereocenters. The van der Waals surface area contributed by atoms with Gasteiger partial charge in [-0.3, -0.25) is 0 Å². The van der Waals surface area contributed by atoms with Crippen molar-refractivity contribution in [1.29, 1.82) is 0 Å². The summed E-state index contributed by atoms with van der Waals surface area (Å²) in [6.45, 7) is 6.15. The highest BCUT2D eigenvalue weighted by molar-refractivity contribution is 4.97. The lowest BCUT2D eigenvalue weighted by atomic mass is 9.95. The second kappa shape index (κ2) is 5.80. The van der Waals surface area contributed by atoms with Crippen LogP contribution in [0.15, 0.2) is 4.52 Å². The van der Waals surface area contributed by atoms with Crippen molar-refractivity contribution in [1.82, 2.24) is 15.5 Å². The molecule has 0 amide bonds. The van der Waals surface area contributed by atoms with Crippen LogP contribution in [-0.4, -0.2) is 30.3 Å². The first-order valence-electron chi connectivity index (χ1n) is 6.71. The van der Waals surface area contributed by atoms with Gasteiger partial charge in [-0.05, 0) is 52.1 Å². The molecule has 18 heavy (non-hydrogen) atoms. The number of aromatic nitrogens is 2. The van der Waals surface area contributed by atoms with Gasteiger partial charge in [0.2, 0.25) is 11.7 Å². The summed E-state index contributed by atoms with van der Waals surface area (Å²) in [5.41, 5.74) is -0.478. The lowest BCUT2D eigenvalue weighted by molar-refractivity contribution is 0.00973. The van der Waals surface area contributed by atoms with Gasteiger partial charge >= 0.3 is 0 Å². The summed E-state index contributed by atoms with van der Waals surface area (Å²) in [7, 11) is 1.66. The Bertz CT molecular complexity index is 370. The van der Waals surface area contributed by atoms with Crippen LogP contribution in [0.5, 0.6) is 0 Å². The third-order valence-electron chi connectivity index (χ3n) is 3.68. The van der Waals surface area contributed by atoms with Gasteiger partial charge in [-0.1, -0.05) is 5.16 Å².